The van der Waals surface area contributed by atoms with Crippen molar-refractivity contribution < 1.29 is 17.9 Å². The van der Waals surface area contributed by atoms with Crippen LogP contribution in [0.1, 0.15) is 47.0 Å². The van der Waals surface area contributed by atoms with Gasteiger partial charge >= 0.3 is 0 Å². The summed E-state index contributed by atoms with van der Waals surface area (Å²) in [6.07, 6.45) is 3.93. The van der Waals surface area contributed by atoms with Crippen LogP contribution in [0, 0.1) is 0 Å². The number of nitrogens with one attached hydrogen (secondary N) is 2. The first-order valence-electron chi connectivity index (χ1n) is 10.9. The Labute approximate surface area is 198 Å². The average molecular weight is 498 g/mol. The molecular formula is C22H28ClN3O4S2. The molecule has 0 radical (unpaired) electrons. The first kappa shape index (κ1) is 23.7. The molecule has 2 aliphatic heterocycles. The maximum absolute atomic E-state index is 12.9. The predicted molar refractivity (Wildman–Crippen MR) is 126 cm³/mol. The normalized spacial score (nSPS) is 20.5. The molecule has 1 aromatic carbocycles. The monoisotopic (exact) mass is 497 g/mol. The summed E-state index contributed by atoms with van der Waals surface area (Å²) < 4.78 is 33.6. The van der Waals surface area contributed by atoms with E-state index in [1.807, 2.05) is 11.4 Å². The fraction of sp³-hybridized carbons (Fsp3) is 0.500. The van der Waals surface area contributed by atoms with Gasteiger partial charge < -0.3 is 10.1 Å². The van der Waals surface area contributed by atoms with Crippen molar-refractivity contribution in [2.24, 2.45) is 0 Å². The number of hydrogen-bond acceptors (Lipinski definition) is 6. The molecule has 7 nitrogen and oxygen atoms in total. The Kier molecular flexibility index (Phi) is 7.86. The van der Waals surface area contributed by atoms with Crippen molar-refractivity contribution in [2.75, 3.05) is 32.8 Å². The number of hydrogen-bond donors (Lipinski definition) is 2. The molecule has 0 aliphatic carbocycles. The molecule has 2 aliphatic rings. The number of carbonyl (C=O) groups is 1. The second kappa shape index (κ2) is 10.6. The number of amides is 1. The van der Waals surface area contributed by atoms with Crippen molar-refractivity contribution in [3.63, 3.8) is 0 Å². The molecule has 10 heteroatoms. The summed E-state index contributed by atoms with van der Waals surface area (Å²) in [6.45, 7) is 3.32. The van der Waals surface area contributed by atoms with Gasteiger partial charge in [0.25, 0.3) is 5.91 Å². The highest BCUT2D eigenvalue weighted by Gasteiger charge is 2.26. The standard InChI is InChI=1S/C22H28ClN3O4S2/c23-18-8-7-16(13-21(18)32(28,29)25-14-17-5-3-11-30-17)22(27)24-15-19(20-6-4-12-31-20)26-9-1-2-10-26/h4,6-8,12-13,17,19,25H,1-3,5,9-11,14-15H2,(H,24,27). The molecule has 2 aromatic rings. The predicted octanol–water partition coefficient (Wildman–Crippen LogP) is 3.43. The number of nitrogens with zero attached hydrogens (tertiary/aromatic N) is 1. The summed E-state index contributed by atoms with van der Waals surface area (Å²) in [4.78, 5) is 16.4. The zero-order valence-corrected chi connectivity index (χ0v) is 20.1. The third-order valence-corrected chi connectivity index (χ3v) is 8.80. The number of thiophene rings is 1. The SMILES string of the molecule is O=C(NCC(c1cccs1)N1CCCC1)c1ccc(Cl)c(S(=O)(=O)NCC2CCCO2)c1. The van der Waals surface area contributed by atoms with Crippen LogP contribution in [0.2, 0.25) is 5.02 Å². The molecule has 2 atom stereocenters. The molecule has 2 N–H and O–H groups in total. The van der Waals surface area contributed by atoms with Crippen molar-refractivity contribution in [1.82, 2.24) is 14.9 Å². The molecule has 0 spiro atoms. The molecule has 2 unspecified atom stereocenters. The van der Waals surface area contributed by atoms with Crippen LogP contribution in [0.4, 0.5) is 0 Å². The largest absolute Gasteiger partial charge is 0.377 e. The van der Waals surface area contributed by atoms with Gasteiger partial charge in [0.2, 0.25) is 10.0 Å². The van der Waals surface area contributed by atoms with E-state index in [0.29, 0.717) is 13.2 Å². The molecule has 0 bridgehead atoms. The van der Waals surface area contributed by atoms with Crippen molar-refractivity contribution in [1.29, 1.82) is 0 Å². The van der Waals surface area contributed by atoms with Crippen molar-refractivity contribution in [3.8, 4) is 0 Å². The number of sulfonamides is 1. The van der Waals surface area contributed by atoms with Gasteiger partial charge in [-0.3, -0.25) is 9.69 Å². The smallest absolute Gasteiger partial charge is 0.251 e. The van der Waals surface area contributed by atoms with E-state index >= 15 is 0 Å². The van der Waals surface area contributed by atoms with E-state index in [1.54, 1.807) is 17.4 Å². The molecule has 1 amide bonds. The van der Waals surface area contributed by atoms with E-state index in [0.717, 1.165) is 38.8 Å². The number of carbonyl (C=O) groups excluding carboxylic acids is 1. The Balaban J connectivity index is 1.44. The fourth-order valence-electron chi connectivity index (χ4n) is 4.17. The molecule has 0 saturated carbocycles. The lowest BCUT2D eigenvalue weighted by Gasteiger charge is -2.27. The van der Waals surface area contributed by atoms with Crippen LogP contribution >= 0.6 is 22.9 Å². The lowest BCUT2D eigenvalue weighted by Crippen LogP contribution is -2.36. The summed E-state index contributed by atoms with van der Waals surface area (Å²) in [6, 6.07) is 8.56. The van der Waals surface area contributed by atoms with E-state index in [1.165, 1.54) is 17.0 Å². The van der Waals surface area contributed by atoms with Crippen LogP contribution in [0.15, 0.2) is 40.6 Å². The van der Waals surface area contributed by atoms with Crippen LogP contribution in [-0.4, -0.2) is 58.1 Å². The summed E-state index contributed by atoms with van der Waals surface area (Å²) in [5, 5.41) is 5.11. The first-order chi connectivity index (χ1) is 15.4. The Morgan fingerprint density at radius 3 is 2.75 bits per heavy atom. The van der Waals surface area contributed by atoms with Crippen LogP contribution in [-0.2, 0) is 14.8 Å². The second-order valence-electron chi connectivity index (χ2n) is 8.12. The van der Waals surface area contributed by atoms with Gasteiger partial charge in [0.15, 0.2) is 0 Å². The van der Waals surface area contributed by atoms with Crippen LogP contribution in [0.25, 0.3) is 0 Å². The minimum atomic E-state index is -3.86. The third kappa shape index (κ3) is 5.70. The summed E-state index contributed by atoms with van der Waals surface area (Å²) in [5.41, 5.74) is 0.262. The van der Waals surface area contributed by atoms with Gasteiger partial charge in [0.05, 0.1) is 17.2 Å². The molecule has 32 heavy (non-hydrogen) atoms. The second-order valence-corrected chi connectivity index (χ2v) is 11.2. The number of likely N-dealkylation sites (tertiary alicyclic amines) is 1. The van der Waals surface area contributed by atoms with Crippen molar-refractivity contribution >= 4 is 38.9 Å². The number of ether oxygens (including phenoxy) is 1. The lowest BCUT2D eigenvalue weighted by atomic mass is 10.2. The highest BCUT2D eigenvalue weighted by atomic mass is 35.5. The molecule has 2 saturated heterocycles. The number of rotatable bonds is 9. The van der Waals surface area contributed by atoms with Gasteiger partial charge in [-0.25, -0.2) is 13.1 Å². The van der Waals surface area contributed by atoms with E-state index in [9.17, 15) is 13.2 Å². The van der Waals surface area contributed by atoms with E-state index in [2.05, 4.69) is 21.0 Å². The molecule has 1 aromatic heterocycles. The Hall–Kier alpha value is -1.49. The van der Waals surface area contributed by atoms with Gasteiger partial charge in [-0.1, -0.05) is 17.7 Å². The quantitative estimate of drug-likeness (QED) is 0.554. The molecular weight excluding hydrogens is 470 g/mol. The summed E-state index contributed by atoms with van der Waals surface area (Å²) in [5.74, 6) is -0.321. The lowest BCUT2D eigenvalue weighted by molar-refractivity contribution is 0.0938. The zero-order valence-electron chi connectivity index (χ0n) is 17.8. The third-order valence-electron chi connectivity index (χ3n) is 5.92. The van der Waals surface area contributed by atoms with E-state index in [4.69, 9.17) is 16.3 Å². The molecule has 3 heterocycles. The summed E-state index contributed by atoms with van der Waals surface area (Å²) >= 11 is 7.86. The maximum Gasteiger partial charge on any atom is 0.251 e. The highest BCUT2D eigenvalue weighted by Crippen LogP contribution is 2.28. The van der Waals surface area contributed by atoms with E-state index < -0.39 is 10.0 Å². The van der Waals surface area contributed by atoms with Gasteiger partial charge in [-0.15, -0.1) is 11.3 Å². The van der Waals surface area contributed by atoms with Gasteiger partial charge in [-0.2, -0.15) is 0 Å². The van der Waals surface area contributed by atoms with Gasteiger partial charge in [-0.05, 0) is 68.4 Å². The Bertz CT molecular complexity index is 1020. The molecule has 174 valence electrons. The van der Waals surface area contributed by atoms with Crippen LogP contribution < -0.4 is 10.0 Å². The topological polar surface area (TPSA) is 87.7 Å². The van der Waals surface area contributed by atoms with Crippen LogP contribution in [0.5, 0.6) is 0 Å². The number of benzene rings is 1. The van der Waals surface area contributed by atoms with Crippen LogP contribution in [0.3, 0.4) is 0 Å². The fourth-order valence-corrected chi connectivity index (χ4v) is 6.62. The van der Waals surface area contributed by atoms with Crippen molar-refractivity contribution in [3.05, 3.63) is 51.2 Å². The highest BCUT2D eigenvalue weighted by molar-refractivity contribution is 7.89. The maximum atomic E-state index is 12.9. The van der Waals surface area contributed by atoms with Gasteiger partial charge in [0.1, 0.15) is 4.90 Å². The molecule has 4 rings (SSSR count). The first-order valence-corrected chi connectivity index (χ1v) is 13.6. The minimum Gasteiger partial charge on any atom is -0.377 e. The minimum absolute atomic E-state index is 0.0786. The van der Waals surface area contributed by atoms with E-state index in [-0.39, 0.29) is 40.1 Å². The Morgan fingerprint density at radius 1 is 1.25 bits per heavy atom. The zero-order chi connectivity index (χ0) is 22.6. The summed E-state index contributed by atoms with van der Waals surface area (Å²) in [7, 11) is -3.86. The van der Waals surface area contributed by atoms with Gasteiger partial charge in [0, 0.05) is 30.1 Å². The molecule has 2 fully saturated rings. The average Bonchev–Trinajstić information content (AvgIpc) is 3.56. The van der Waals surface area contributed by atoms with Crippen molar-refractivity contribution in [2.45, 2.75) is 42.7 Å². The number of halogens is 1. The Morgan fingerprint density at radius 2 is 2.06 bits per heavy atom.